The highest BCUT2D eigenvalue weighted by Gasteiger charge is 2.12. The van der Waals surface area contributed by atoms with E-state index in [2.05, 4.69) is 17.9 Å². The lowest BCUT2D eigenvalue weighted by atomic mass is 10.0. The maximum absolute atomic E-state index is 11.2. The van der Waals surface area contributed by atoms with Crippen molar-refractivity contribution in [1.82, 2.24) is 4.90 Å². The van der Waals surface area contributed by atoms with Crippen molar-refractivity contribution < 1.29 is 4.79 Å². The van der Waals surface area contributed by atoms with Crippen LogP contribution in [0.25, 0.3) is 0 Å². The van der Waals surface area contributed by atoms with Gasteiger partial charge in [-0.15, -0.1) is 0 Å². The Morgan fingerprint density at radius 1 is 1.19 bits per heavy atom. The second kappa shape index (κ2) is 6.41. The van der Waals surface area contributed by atoms with Gasteiger partial charge in [0, 0.05) is 23.8 Å². The fourth-order valence-electron chi connectivity index (χ4n) is 2.32. The summed E-state index contributed by atoms with van der Waals surface area (Å²) in [4.78, 5) is 13.4. The van der Waals surface area contributed by atoms with Crippen LogP contribution in [-0.2, 0) is 6.54 Å². The third kappa shape index (κ3) is 3.83. The van der Waals surface area contributed by atoms with Gasteiger partial charge in [-0.2, -0.15) is 0 Å². The number of nitrogen functional groups attached to an aromatic ring is 1. The Labute approximate surface area is 125 Å². The number of nitrogens with two attached hydrogens (primary N) is 2. The number of anilines is 1. The standard InChI is InChI=1S/C17H21N3O/c1-12(14-6-4-8-16(18)10-14)20(2)11-13-5-3-7-15(9-13)17(19)21/h3-10,12H,11,18H2,1-2H3,(H2,19,21). The molecule has 1 unspecified atom stereocenters. The summed E-state index contributed by atoms with van der Waals surface area (Å²) in [6.45, 7) is 2.86. The molecule has 0 radical (unpaired) electrons. The Hall–Kier alpha value is -2.33. The van der Waals surface area contributed by atoms with Crippen molar-refractivity contribution in [2.24, 2.45) is 5.73 Å². The lowest BCUT2D eigenvalue weighted by Crippen LogP contribution is -2.22. The summed E-state index contributed by atoms with van der Waals surface area (Å²) in [7, 11) is 2.05. The zero-order valence-corrected chi connectivity index (χ0v) is 12.4. The SMILES string of the molecule is CC(c1cccc(N)c1)N(C)Cc1cccc(C(N)=O)c1. The summed E-state index contributed by atoms with van der Waals surface area (Å²) >= 11 is 0. The van der Waals surface area contributed by atoms with Crippen LogP contribution in [0, 0.1) is 0 Å². The van der Waals surface area contributed by atoms with Crippen molar-refractivity contribution in [2.75, 3.05) is 12.8 Å². The quantitative estimate of drug-likeness (QED) is 0.828. The number of carbonyl (C=O) groups is 1. The van der Waals surface area contributed by atoms with Crippen LogP contribution < -0.4 is 11.5 Å². The predicted octanol–water partition coefficient (Wildman–Crippen LogP) is 2.56. The highest BCUT2D eigenvalue weighted by molar-refractivity contribution is 5.92. The molecule has 0 aliphatic carbocycles. The molecule has 2 aromatic rings. The lowest BCUT2D eigenvalue weighted by Gasteiger charge is -2.25. The number of nitrogens with zero attached hydrogens (tertiary/aromatic N) is 1. The number of rotatable bonds is 5. The Morgan fingerprint density at radius 2 is 1.90 bits per heavy atom. The third-order valence-electron chi connectivity index (χ3n) is 3.70. The topological polar surface area (TPSA) is 72.3 Å². The molecule has 4 N–H and O–H groups in total. The maximum Gasteiger partial charge on any atom is 0.248 e. The van der Waals surface area contributed by atoms with Gasteiger partial charge in [-0.1, -0.05) is 24.3 Å². The van der Waals surface area contributed by atoms with E-state index in [9.17, 15) is 4.79 Å². The van der Waals surface area contributed by atoms with E-state index in [4.69, 9.17) is 11.5 Å². The maximum atomic E-state index is 11.2. The van der Waals surface area contributed by atoms with Crippen molar-refractivity contribution in [1.29, 1.82) is 0 Å². The summed E-state index contributed by atoms with van der Waals surface area (Å²) in [5.74, 6) is -0.400. The van der Waals surface area contributed by atoms with Crippen molar-refractivity contribution in [3.8, 4) is 0 Å². The molecule has 0 aromatic heterocycles. The van der Waals surface area contributed by atoms with E-state index in [0.29, 0.717) is 5.56 Å². The van der Waals surface area contributed by atoms with Gasteiger partial charge >= 0.3 is 0 Å². The van der Waals surface area contributed by atoms with Crippen LogP contribution in [0.1, 0.15) is 34.5 Å². The largest absolute Gasteiger partial charge is 0.399 e. The summed E-state index contributed by atoms with van der Waals surface area (Å²) in [6, 6.07) is 15.5. The molecule has 0 aliphatic heterocycles. The first-order valence-corrected chi connectivity index (χ1v) is 6.92. The summed E-state index contributed by atoms with van der Waals surface area (Å²) in [5.41, 5.74) is 14.7. The number of hydrogen-bond donors (Lipinski definition) is 2. The van der Waals surface area contributed by atoms with E-state index < -0.39 is 5.91 Å². The van der Waals surface area contributed by atoms with Gasteiger partial charge in [0.05, 0.1) is 0 Å². The third-order valence-corrected chi connectivity index (χ3v) is 3.70. The van der Waals surface area contributed by atoms with Crippen molar-refractivity contribution in [3.05, 3.63) is 65.2 Å². The first-order valence-electron chi connectivity index (χ1n) is 6.92. The molecule has 0 spiro atoms. The monoisotopic (exact) mass is 283 g/mol. The van der Waals surface area contributed by atoms with Crippen LogP contribution in [0.4, 0.5) is 5.69 Å². The van der Waals surface area contributed by atoms with E-state index in [1.807, 2.05) is 43.4 Å². The van der Waals surface area contributed by atoms with Crippen LogP contribution >= 0.6 is 0 Å². The second-order valence-corrected chi connectivity index (χ2v) is 5.33. The Bertz CT molecular complexity index is 639. The molecule has 0 saturated carbocycles. The van der Waals surface area contributed by atoms with Crippen LogP contribution in [0.3, 0.4) is 0 Å². The van der Waals surface area contributed by atoms with Gasteiger partial charge in [-0.05, 0) is 49.4 Å². The minimum absolute atomic E-state index is 0.228. The first-order chi connectivity index (χ1) is 9.97. The molecule has 0 saturated heterocycles. The molecule has 0 bridgehead atoms. The molecule has 2 rings (SSSR count). The fourth-order valence-corrected chi connectivity index (χ4v) is 2.32. The molecule has 1 atom stereocenters. The summed E-state index contributed by atoms with van der Waals surface area (Å²) < 4.78 is 0. The Kier molecular flexibility index (Phi) is 4.60. The molecule has 0 aliphatic rings. The van der Waals surface area contributed by atoms with Crippen molar-refractivity contribution in [2.45, 2.75) is 19.5 Å². The van der Waals surface area contributed by atoms with Crippen LogP contribution in [-0.4, -0.2) is 17.9 Å². The van der Waals surface area contributed by atoms with Gasteiger partial charge in [0.2, 0.25) is 5.91 Å². The molecule has 4 heteroatoms. The van der Waals surface area contributed by atoms with Crippen LogP contribution in [0.15, 0.2) is 48.5 Å². The molecule has 0 fully saturated rings. The van der Waals surface area contributed by atoms with E-state index in [0.717, 1.165) is 17.8 Å². The lowest BCUT2D eigenvalue weighted by molar-refractivity contribution is 0.1000. The fraction of sp³-hybridized carbons (Fsp3) is 0.235. The van der Waals surface area contributed by atoms with Crippen molar-refractivity contribution >= 4 is 11.6 Å². The van der Waals surface area contributed by atoms with Gasteiger partial charge < -0.3 is 11.5 Å². The minimum Gasteiger partial charge on any atom is -0.399 e. The number of benzene rings is 2. The van der Waals surface area contributed by atoms with E-state index in [1.54, 1.807) is 6.07 Å². The molecular weight excluding hydrogens is 262 g/mol. The highest BCUT2D eigenvalue weighted by Crippen LogP contribution is 2.22. The number of hydrogen-bond acceptors (Lipinski definition) is 3. The normalized spacial score (nSPS) is 12.3. The van der Waals surface area contributed by atoms with Crippen molar-refractivity contribution in [3.63, 3.8) is 0 Å². The van der Waals surface area contributed by atoms with Gasteiger partial charge in [0.25, 0.3) is 0 Å². The molecule has 0 heterocycles. The van der Waals surface area contributed by atoms with E-state index >= 15 is 0 Å². The number of primary amides is 1. The summed E-state index contributed by atoms with van der Waals surface area (Å²) in [6.07, 6.45) is 0. The van der Waals surface area contributed by atoms with Crippen LogP contribution in [0.5, 0.6) is 0 Å². The number of amides is 1. The average molecular weight is 283 g/mol. The second-order valence-electron chi connectivity index (χ2n) is 5.33. The number of carbonyl (C=O) groups excluding carboxylic acids is 1. The Balaban J connectivity index is 2.12. The van der Waals surface area contributed by atoms with Gasteiger partial charge in [0.1, 0.15) is 0 Å². The minimum atomic E-state index is -0.400. The summed E-state index contributed by atoms with van der Waals surface area (Å²) in [5, 5.41) is 0. The van der Waals surface area contributed by atoms with Crippen LogP contribution in [0.2, 0.25) is 0 Å². The first kappa shape index (κ1) is 15.1. The zero-order chi connectivity index (χ0) is 15.4. The van der Waals surface area contributed by atoms with E-state index in [-0.39, 0.29) is 6.04 Å². The molecular formula is C17H21N3O. The molecule has 2 aromatic carbocycles. The van der Waals surface area contributed by atoms with Gasteiger partial charge in [-0.25, -0.2) is 0 Å². The zero-order valence-electron chi connectivity index (χ0n) is 12.4. The smallest absolute Gasteiger partial charge is 0.248 e. The average Bonchev–Trinajstić information content (AvgIpc) is 2.46. The molecule has 110 valence electrons. The molecule has 21 heavy (non-hydrogen) atoms. The predicted molar refractivity (Wildman–Crippen MR) is 85.7 cm³/mol. The van der Waals surface area contributed by atoms with E-state index in [1.165, 1.54) is 5.56 Å². The Morgan fingerprint density at radius 3 is 2.57 bits per heavy atom. The highest BCUT2D eigenvalue weighted by atomic mass is 16.1. The van der Waals surface area contributed by atoms with Gasteiger partial charge in [-0.3, -0.25) is 9.69 Å². The van der Waals surface area contributed by atoms with Gasteiger partial charge in [0.15, 0.2) is 0 Å². The molecule has 4 nitrogen and oxygen atoms in total. The molecule has 1 amide bonds.